The fourth-order valence-electron chi connectivity index (χ4n) is 2.20. The maximum Gasteiger partial charge on any atom is 0.0417 e. The van der Waals surface area contributed by atoms with Crippen molar-refractivity contribution in [1.82, 2.24) is 15.1 Å². The van der Waals surface area contributed by atoms with Crippen molar-refractivity contribution in [2.75, 3.05) is 46.3 Å². The molecule has 0 aliphatic carbocycles. The second kappa shape index (κ2) is 7.60. The molecule has 1 aliphatic rings. The second-order valence-corrected chi connectivity index (χ2v) is 6.35. The van der Waals surface area contributed by atoms with Crippen LogP contribution >= 0.6 is 27.5 Å². The Labute approximate surface area is 129 Å². The molecule has 0 saturated carbocycles. The Morgan fingerprint density at radius 1 is 1.26 bits per heavy atom. The van der Waals surface area contributed by atoms with E-state index in [0.717, 1.165) is 29.1 Å². The van der Waals surface area contributed by atoms with Gasteiger partial charge in [-0.1, -0.05) is 33.6 Å². The standard InChI is InChI=1S/C14H21BrClN3/c1-18-6-8-19(9-7-18)5-4-17-11-12-2-3-13(16)10-14(12)15/h2-3,10,17H,4-9,11H2,1H3. The summed E-state index contributed by atoms with van der Waals surface area (Å²) < 4.78 is 1.08. The summed E-state index contributed by atoms with van der Waals surface area (Å²) in [6.07, 6.45) is 0. The predicted octanol–water partition coefficient (Wildman–Crippen LogP) is 2.44. The van der Waals surface area contributed by atoms with Crippen molar-refractivity contribution in [1.29, 1.82) is 0 Å². The molecular weight excluding hydrogens is 326 g/mol. The van der Waals surface area contributed by atoms with Gasteiger partial charge >= 0.3 is 0 Å². The van der Waals surface area contributed by atoms with Crippen LogP contribution < -0.4 is 5.32 Å². The zero-order valence-electron chi connectivity index (χ0n) is 11.3. The van der Waals surface area contributed by atoms with E-state index >= 15 is 0 Å². The highest BCUT2D eigenvalue weighted by atomic mass is 79.9. The Morgan fingerprint density at radius 3 is 2.68 bits per heavy atom. The van der Waals surface area contributed by atoms with Crippen LogP contribution in [0.25, 0.3) is 0 Å². The van der Waals surface area contributed by atoms with E-state index in [-0.39, 0.29) is 0 Å². The molecule has 1 aromatic carbocycles. The molecule has 1 aliphatic heterocycles. The van der Waals surface area contributed by atoms with E-state index in [1.54, 1.807) is 0 Å². The Bertz CT molecular complexity index is 406. The summed E-state index contributed by atoms with van der Waals surface area (Å²) in [6.45, 7) is 7.76. The lowest BCUT2D eigenvalue weighted by atomic mass is 10.2. The molecule has 3 nitrogen and oxygen atoms in total. The average Bonchev–Trinajstić information content (AvgIpc) is 2.39. The lowest BCUT2D eigenvalue weighted by molar-refractivity contribution is 0.154. The van der Waals surface area contributed by atoms with E-state index in [0.29, 0.717) is 0 Å². The average molecular weight is 347 g/mol. The van der Waals surface area contributed by atoms with Gasteiger partial charge in [0.25, 0.3) is 0 Å². The molecule has 1 aromatic rings. The second-order valence-electron chi connectivity index (χ2n) is 5.06. The van der Waals surface area contributed by atoms with E-state index in [2.05, 4.69) is 44.2 Å². The lowest BCUT2D eigenvalue weighted by Gasteiger charge is -2.32. The molecule has 1 N–H and O–H groups in total. The minimum atomic E-state index is 0.771. The molecule has 1 saturated heterocycles. The number of nitrogens with one attached hydrogen (secondary N) is 1. The number of likely N-dealkylation sites (N-methyl/N-ethyl adjacent to an activating group) is 1. The van der Waals surface area contributed by atoms with Crippen LogP contribution in [-0.2, 0) is 6.54 Å². The van der Waals surface area contributed by atoms with Crippen LogP contribution in [0.5, 0.6) is 0 Å². The molecule has 0 unspecified atom stereocenters. The monoisotopic (exact) mass is 345 g/mol. The molecule has 0 bridgehead atoms. The van der Waals surface area contributed by atoms with E-state index in [1.807, 2.05) is 12.1 Å². The van der Waals surface area contributed by atoms with Crippen molar-refractivity contribution in [2.45, 2.75) is 6.54 Å². The Balaban J connectivity index is 1.66. The largest absolute Gasteiger partial charge is 0.311 e. The lowest BCUT2D eigenvalue weighted by Crippen LogP contribution is -2.46. The van der Waals surface area contributed by atoms with Crippen LogP contribution in [0.4, 0.5) is 0 Å². The van der Waals surface area contributed by atoms with Crippen molar-refractivity contribution >= 4 is 27.5 Å². The van der Waals surface area contributed by atoms with Gasteiger partial charge in [0.2, 0.25) is 0 Å². The molecule has 0 aromatic heterocycles. The fourth-order valence-corrected chi connectivity index (χ4v) is 3.02. The van der Waals surface area contributed by atoms with Crippen LogP contribution in [0, 0.1) is 0 Å². The Morgan fingerprint density at radius 2 is 2.00 bits per heavy atom. The number of benzene rings is 1. The topological polar surface area (TPSA) is 18.5 Å². The maximum atomic E-state index is 5.93. The zero-order chi connectivity index (χ0) is 13.7. The van der Waals surface area contributed by atoms with Crippen LogP contribution in [0.2, 0.25) is 5.02 Å². The molecule has 5 heteroatoms. The number of hydrogen-bond donors (Lipinski definition) is 1. The van der Waals surface area contributed by atoms with Gasteiger partial charge in [0, 0.05) is 55.3 Å². The molecule has 0 atom stereocenters. The highest BCUT2D eigenvalue weighted by Gasteiger charge is 2.12. The summed E-state index contributed by atoms with van der Waals surface area (Å²) in [6, 6.07) is 5.94. The molecular formula is C14H21BrClN3. The van der Waals surface area contributed by atoms with Gasteiger partial charge in [-0.25, -0.2) is 0 Å². The van der Waals surface area contributed by atoms with Crippen molar-refractivity contribution in [2.24, 2.45) is 0 Å². The summed E-state index contributed by atoms with van der Waals surface area (Å²) in [7, 11) is 2.19. The van der Waals surface area contributed by atoms with Gasteiger partial charge in [0.05, 0.1) is 0 Å². The first-order valence-electron chi connectivity index (χ1n) is 6.71. The molecule has 1 fully saturated rings. The third-order valence-corrected chi connectivity index (χ3v) is 4.50. The summed E-state index contributed by atoms with van der Waals surface area (Å²) in [5.41, 5.74) is 1.25. The Hall–Kier alpha value is -0.130. The quantitative estimate of drug-likeness (QED) is 0.826. The van der Waals surface area contributed by atoms with Gasteiger partial charge < -0.3 is 10.2 Å². The van der Waals surface area contributed by atoms with Crippen molar-refractivity contribution < 1.29 is 0 Å². The first-order chi connectivity index (χ1) is 9.15. The van der Waals surface area contributed by atoms with Gasteiger partial charge in [-0.15, -0.1) is 0 Å². The minimum absolute atomic E-state index is 0.771. The van der Waals surface area contributed by atoms with Crippen LogP contribution in [-0.4, -0.2) is 56.1 Å². The molecule has 19 heavy (non-hydrogen) atoms. The van der Waals surface area contributed by atoms with Gasteiger partial charge in [0.15, 0.2) is 0 Å². The maximum absolute atomic E-state index is 5.93. The SMILES string of the molecule is CN1CCN(CCNCc2ccc(Cl)cc2Br)CC1. The molecule has 0 spiro atoms. The van der Waals surface area contributed by atoms with Crippen molar-refractivity contribution in [3.8, 4) is 0 Å². The van der Waals surface area contributed by atoms with Gasteiger partial charge in [0.1, 0.15) is 0 Å². The fraction of sp³-hybridized carbons (Fsp3) is 0.571. The Kier molecular flexibility index (Phi) is 6.10. The highest BCUT2D eigenvalue weighted by molar-refractivity contribution is 9.10. The van der Waals surface area contributed by atoms with Crippen molar-refractivity contribution in [3.05, 3.63) is 33.3 Å². The molecule has 106 valence electrons. The zero-order valence-corrected chi connectivity index (χ0v) is 13.7. The predicted molar refractivity (Wildman–Crippen MR) is 84.8 cm³/mol. The number of halogens is 2. The minimum Gasteiger partial charge on any atom is -0.311 e. The van der Waals surface area contributed by atoms with Crippen LogP contribution in [0.15, 0.2) is 22.7 Å². The third kappa shape index (κ3) is 5.04. The van der Waals surface area contributed by atoms with E-state index in [4.69, 9.17) is 11.6 Å². The summed E-state index contributed by atoms with van der Waals surface area (Å²) in [4.78, 5) is 4.90. The normalized spacial score (nSPS) is 17.8. The summed E-state index contributed by atoms with van der Waals surface area (Å²) in [5, 5.41) is 4.26. The van der Waals surface area contributed by atoms with E-state index < -0.39 is 0 Å². The molecule has 0 radical (unpaired) electrons. The number of piperazine rings is 1. The smallest absolute Gasteiger partial charge is 0.0417 e. The van der Waals surface area contributed by atoms with Gasteiger partial charge in [-0.05, 0) is 24.7 Å². The molecule has 1 heterocycles. The first-order valence-corrected chi connectivity index (χ1v) is 7.88. The number of hydrogen-bond acceptors (Lipinski definition) is 3. The number of nitrogens with zero attached hydrogens (tertiary/aromatic N) is 2. The molecule has 0 amide bonds. The summed E-state index contributed by atoms with van der Waals surface area (Å²) >= 11 is 9.47. The molecule has 2 rings (SSSR count). The van der Waals surface area contributed by atoms with Crippen LogP contribution in [0.3, 0.4) is 0 Å². The van der Waals surface area contributed by atoms with Gasteiger partial charge in [-0.3, -0.25) is 4.90 Å². The summed E-state index contributed by atoms with van der Waals surface area (Å²) in [5.74, 6) is 0. The van der Waals surface area contributed by atoms with E-state index in [1.165, 1.54) is 31.7 Å². The van der Waals surface area contributed by atoms with E-state index in [9.17, 15) is 0 Å². The highest BCUT2D eigenvalue weighted by Crippen LogP contribution is 2.21. The van der Waals surface area contributed by atoms with Crippen molar-refractivity contribution in [3.63, 3.8) is 0 Å². The van der Waals surface area contributed by atoms with Crippen LogP contribution in [0.1, 0.15) is 5.56 Å². The van der Waals surface area contributed by atoms with Gasteiger partial charge in [-0.2, -0.15) is 0 Å². The first kappa shape index (κ1) is 15.3. The third-order valence-electron chi connectivity index (χ3n) is 3.53. The number of rotatable bonds is 5.